The van der Waals surface area contributed by atoms with Crippen LogP contribution in [0, 0.1) is 0 Å². The summed E-state index contributed by atoms with van der Waals surface area (Å²) in [6.07, 6.45) is 0.745. The standard InChI is InChI=1S/C10H17N3O2S/c1-2-15-7-9-12-8(11)6-10(13-9)16-5-3-4-14/h6,14H,2-5,7H2,1H3,(H2,11,12,13). The summed E-state index contributed by atoms with van der Waals surface area (Å²) in [5, 5.41) is 9.51. The molecule has 0 unspecified atom stereocenters. The lowest BCUT2D eigenvalue weighted by molar-refractivity contribution is 0.128. The van der Waals surface area contributed by atoms with Crippen molar-refractivity contribution in [1.82, 2.24) is 9.97 Å². The zero-order valence-electron chi connectivity index (χ0n) is 9.35. The first-order chi connectivity index (χ1) is 7.76. The summed E-state index contributed by atoms with van der Waals surface area (Å²) in [6.45, 7) is 3.13. The summed E-state index contributed by atoms with van der Waals surface area (Å²) >= 11 is 1.56. The second-order valence-corrected chi connectivity index (χ2v) is 4.23. The number of nitrogens with two attached hydrogens (primary N) is 1. The topological polar surface area (TPSA) is 81.3 Å². The minimum Gasteiger partial charge on any atom is -0.396 e. The van der Waals surface area contributed by atoms with Gasteiger partial charge in [0.05, 0.1) is 0 Å². The Bertz CT molecular complexity index is 323. The second kappa shape index (κ2) is 7.43. The van der Waals surface area contributed by atoms with E-state index in [1.54, 1.807) is 17.8 Å². The van der Waals surface area contributed by atoms with Gasteiger partial charge >= 0.3 is 0 Å². The van der Waals surface area contributed by atoms with Crippen LogP contribution in [0.1, 0.15) is 19.2 Å². The third-order valence-corrected chi connectivity index (χ3v) is 2.75. The van der Waals surface area contributed by atoms with Crippen molar-refractivity contribution < 1.29 is 9.84 Å². The molecule has 0 spiro atoms. The largest absolute Gasteiger partial charge is 0.396 e. The molecule has 1 rings (SSSR count). The molecule has 0 atom stereocenters. The van der Waals surface area contributed by atoms with E-state index in [0.29, 0.717) is 24.9 Å². The predicted octanol–water partition coefficient (Wildman–Crippen LogP) is 1.07. The average Bonchev–Trinajstić information content (AvgIpc) is 2.26. The van der Waals surface area contributed by atoms with E-state index in [1.807, 2.05) is 6.92 Å². The fourth-order valence-corrected chi connectivity index (χ4v) is 1.92. The SMILES string of the molecule is CCOCc1nc(N)cc(SCCCO)n1. The third-order valence-electron chi connectivity index (χ3n) is 1.76. The molecule has 0 bridgehead atoms. The van der Waals surface area contributed by atoms with Crippen molar-refractivity contribution in [3.8, 4) is 0 Å². The molecule has 6 heteroatoms. The number of nitrogens with zero attached hydrogens (tertiary/aromatic N) is 2. The minimum absolute atomic E-state index is 0.194. The lowest BCUT2D eigenvalue weighted by Gasteiger charge is -2.05. The van der Waals surface area contributed by atoms with Crippen molar-refractivity contribution in [1.29, 1.82) is 0 Å². The Balaban J connectivity index is 2.58. The Morgan fingerprint density at radius 1 is 1.50 bits per heavy atom. The molecule has 3 N–H and O–H groups in total. The van der Waals surface area contributed by atoms with E-state index in [-0.39, 0.29) is 6.61 Å². The van der Waals surface area contributed by atoms with E-state index in [4.69, 9.17) is 15.6 Å². The molecule has 16 heavy (non-hydrogen) atoms. The number of aliphatic hydroxyl groups is 1. The van der Waals surface area contributed by atoms with Crippen molar-refractivity contribution in [3.63, 3.8) is 0 Å². The van der Waals surface area contributed by atoms with Gasteiger partial charge in [-0.15, -0.1) is 11.8 Å². The van der Waals surface area contributed by atoms with Gasteiger partial charge in [0.1, 0.15) is 17.5 Å². The lowest BCUT2D eigenvalue weighted by Crippen LogP contribution is -2.03. The van der Waals surface area contributed by atoms with Gasteiger partial charge in [0, 0.05) is 25.0 Å². The van der Waals surface area contributed by atoms with Gasteiger partial charge in [-0.25, -0.2) is 9.97 Å². The van der Waals surface area contributed by atoms with Crippen LogP contribution < -0.4 is 5.73 Å². The summed E-state index contributed by atoms with van der Waals surface area (Å²) in [6, 6.07) is 1.73. The van der Waals surface area contributed by atoms with Gasteiger partial charge < -0.3 is 15.6 Å². The zero-order chi connectivity index (χ0) is 11.8. The smallest absolute Gasteiger partial charge is 0.157 e. The van der Waals surface area contributed by atoms with Gasteiger partial charge in [0.15, 0.2) is 5.82 Å². The maximum Gasteiger partial charge on any atom is 0.157 e. The van der Waals surface area contributed by atoms with Gasteiger partial charge in [-0.3, -0.25) is 0 Å². The molecule has 90 valence electrons. The van der Waals surface area contributed by atoms with Crippen LogP contribution >= 0.6 is 11.8 Å². The number of anilines is 1. The van der Waals surface area contributed by atoms with Crippen LogP contribution in [0.5, 0.6) is 0 Å². The van der Waals surface area contributed by atoms with Crippen LogP contribution in [0.4, 0.5) is 5.82 Å². The number of aromatic nitrogens is 2. The number of ether oxygens (including phenoxy) is 1. The molecule has 0 aliphatic heterocycles. The highest BCUT2D eigenvalue weighted by atomic mass is 32.2. The first-order valence-corrected chi connectivity index (χ1v) is 6.19. The van der Waals surface area contributed by atoms with Crippen molar-refractivity contribution in [2.24, 2.45) is 0 Å². The van der Waals surface area contributed by atoms with Crippen molar-refractivity contribution >= 4 is 17.6 Å². The third kappa shape index (κ3) is 4.78. The minimum atomic E-state index is 0.194. The first-order valence-electron chi connectivity index (χ1n) is 5.21. The number of hydrogen-bond donors (Lipinski definition) is 2. The van der Waals surface area contributed by atoms with Crippen LogP contribution in [0.15, 0.2) is 11.1 Å². The van der Waals surface area contributed by atoms with Gasteiger partial charge in [0.25, 0.3) is 0 Å². The van der Waals surface area contributed by atoms with Crippen molar-refractivity contribution in [2.45, 2.75) is 25.0 Å². The molecule has 1 aromatic rings. The maximum absolute atomic E-state index is 8.68. The molecule has 0 aliphatic rings. The van der Waals surface area contributed by atoms with Crippen LogP contribution in [0.2, 0.25) is 0 Å². The Morgan fingerprint density at radius 2 is 2.31 bits per heavy atom. The van der Waals surface area contributed by atoms with Crippen molar-refractivity contribution in [2.75, 3.05) is 24.7 Å². The van der Waals surface area contributed by atoms with E-state index >= 15 is 0 Å². The van der Waals surface area contributed by atoms with E-state index in [2.05, 4.69) is 9.97 Å². The fraction of sp³-hybridized carbons (Fsp3) is 0.600. The van der Waals surface area contributed by atoms with Gasteiger partial charge in [-0.2, -0.15) is 0 Å². The van der Waals surface area contributed by atoms with Crippen LogP contribution in [-0.4, -0.2) is 34.0 Å². The van der Waals surface area contributed by atoms with E-state index < -0.39 is 0 Å². The lowest BCUT2D eigenvalue weighted by atomic mass is 10.5. The molecule has 0 radical (unpaired) electrons. The first kappa shape index (κ1) is 13.2. The number of rotatable bonds is 7. The molecule has 0 amide bonds. The van der Waals surface area contributed by atoms with Crippen LogP contribution in [0.3, 0.4) is 0 Å². The molecule has 0 saturated heterocycles. The summed E-state index contributed by atoms with van der Waals surface area (Å²) in [5.41, 5.74) is 5.67. The summed E-state index contributed by atoms with van der Waals surface area (Å²) in [5.74, 6) is 1.88. The van der Waals surface area contributed by atoms with E-state index in [1.165, 1.54) is 0 Å². The second-order valence-electron chi connectivity index (χ2n) is 3.11. The molecular weight excluding hydrogens is 226 g/mol. The zero-order valence-corrected chi connectivity index (χ0v) is 10.2. The molecule has 1 aromatic heterocycles. The number of aliphatic hydroxyl groups excluding tert-OH is 1. The Morgan fingerprint density at radius 3 is 3.00 bits per heavy atom. The molecule has 0 aromatic carbocycles. The van der Waals surface area contributed by atoms with Crippen molar-refractivity contribution in [3.05, 3.63) is 11.9 Å². The molecular formula is C10H17N3O2S. The summed E-state index contributed by atoms with van der Waals surface area (Å²) in [4.78, 5) is 8.39. The highest BCUT2D eigenvalue weighted by molar-refractivity contribution is 7.99. The molecule has 0 saturated carbocycles. The van der Waals surface area contributed by atoms with Gasteiger partial charge in [-0.05, 0) is 13.3 Å². The highest BCUT2D eigenvalue weighted by Gasteiger charge is 2.03. The van der Waals surface area contributed by atoms with E-state index in [0.717, 1.165) is 17.2 Å². The van der Waals surface area contributed by atoms with Crippen LogP contribution in [-0.2, 0) is 11.3 Å². The maximum atomic E-state index is 8.68. The average molecular weight is 243 g/mol. The summed E-state index contributed by atoms with van der Waals surface area (Å²) in [7, 11) is 0. The summed E-state index contributed by atoms with van der Waals surface area (Å²) < 4.78 is 5.23. The molecule has 5 nitrogen and oxygen atoms in total. The predicted molar refractivity (Wildman–Crippen MR) is 64.2 cm³/mol. The Labute approximate surface area is 99.4 Å². The quantitative estimate of drug-likeness (QED) is 0.423. The van der Waals surface area contributed by atoms with Crippen LogP contribution in [0.25, 0.3) is 0 Å². The Kier molecular flexibility index (Phi) is 6.14. The van der Waals surface area contributed by atoms with E-state index in [9.17, 15) is 0 Å². The fourth-order valence-electron chi connectivity index (χ4n) is 1.07. The normalized spacial score (nSPS) is 10.6. The highest BCUT2D eigenvalue weighted by Crippen LogP contribution is 2.18. The number of nitrogen functional groups attached to an aromatic ring is 1. The van der Waals surface area contributed by atoms with Gasteiger partial charge in [-0.1, -0.05) is 0 Å². The Hall–Kier alpha value is -0.850. The van der Waals surface area contributed by atoms with Gasteiger partial charge in [0.2, 0.25) is 0 Å². The molecule has 1 heterocycles. The number of thioether (sulfide) groups is 1. The molecule has 0 aliphatic carbocycles. The number of hydrogen-bond acceptors (Lipinski definition) is 6. The monoisotopic (exact) mass is 243 g/mol. The molecule has 0 fully saturated rings.